The monoisotopic (exact) mass is 490 g/mol. The van der Waals surface area contributed by atoms with Gasteiger partial charge in [0.15, 0.2) is 0 Å². The normalized spacial score (nSPS) is 12.0. The predicted molar refractivity (Wildman–Crippen MR) is 156 cm³/mol. The van der Waals surface area contributed by atoms with Gasteiger partial charge in [-0.15, -0.1) is 0 Å². The smallest absolute Gasteiger partial charge is 0.0894 e. The summed E-state index contributed by atoms with van der Waals surface area (Å²) in [7, 11) is 0. The van der Waals surface area contributed by atoms with Crippen LogP contribution >= 0.6 is 0 Å². The first-order chi connectivity index (χ1) is 18.7. The van der Waals surface area contributed by atoms with Gasteiger partial charge in [0.1, 0.15) is 0 Å². The van der Waals surface area contributed by atoms with Crippen molar-refractivity contribution >= 4 is 68.4 Å². The summed E-state index contributed by atoms with van der Waals surface area (Å²) < 4.78 is 0. The lowest BCUT2D eigenvalue weighted by atomic mass is 10.2. The van der Waals surface area contributed by atoms with E-state index < -0.39 is 0 Å². The zero-order valence-corrected chi connectivity index (χ0v) is 20.3. The van der Waals surface area contributed by atoms with Gasteiger partial charge in [-0.05, 0) is 97.1 Å². The maximum Gasteiger partial charge on any atom is 0.0894 e. The molecule has 2 aliphatic heterocycles. The third-order valence-electron chi connectivity index (χ3n) is 6.29. The van der Waals surface area contributed by atoms with Crippen molar-refractivity contribution in [3.8, 4) is 0 Å². The highest BCUT2D eigenvalue weighted by Crippen LogP contribution is 2.18. The van der Waals surface area contributed by atoms with Gasteiger partial charge < -0.3 is 9.97 Å². The Labute approximate surface area is 218 Å². The summed E-state index contributed by atoms with van der Waals surface area (Å²) in [6.07, 6.45) is 8.05. The van der Waals surface area contributed by atoms with Gasteiger partial charge in [-0.3, -0.25) is 0 Å². The predicted octanol–water partition coefficient (Wildman–Crippen LogP) is 7.44. The van der Waals surface area contributed by atoms with Crippen LogP contribution in [0.2, 0.25) is 0 Å². The topological polar surface area (TPSA) is 83.1 Å². The molecule has 6 heteroatoms. The van der Waals surface area contributed by atoms with Crippen molar-refractivity contribution in [2.75, 3.05) is 0 Å². The zero-order chi connectivity index (χ0) is 25.3. The maximum absolute atomic E-state index is 4.62. The number of hydrogen-bond acceptors (Lipinski definition) is 4. The Morgan fingerprint density at radius 1 is 0.342 bits per heavy atom. The number of nitrogens with zero attached hydrogens (tertiary/aromatic N) is 4. The Hall–Kier alpha value is -5.36. The third kappa shape index (κ3) is 4.58. The van der Waals surface area contributed by atoms with Gasteiger partial charge in [0.25, 0.3) is 0 Å². The van der Waals surface area contributed by atoms with Crippen LogP contribution in [0.3, 0.4) is 0 Å². The molecule has 6 aromatic rings. The first-order valence-electron chi connectivity index (χ1n) is 12.4. The van der Waals surface area contributed by atoms with Crippen molar-refractivity contribution < 1.29 is 0 Å². The summed E-state index contributed by atoms with van der Waals surface area (Å²) >= 11 is 0. The minimum Gasteiger partial charge on any atom is -0.355 e. The van der Waals surface area contributed by atoms with Gasteiger partial charge in [-0.25, -0.2) is 19.9 Å². The largest absolute Gasteiger partial charge is 0.355 e. The van der Waals surface area contributed by atoms with E-state index in [1.54, 1.807) is 0 Å². The second-order valence-corrected chi connectivity index (χ2v) is 9.11. The van der Waals surface area contributed by atoms with Crippen LogP contribution in [0.15, 0.2) is 97.1 Å². The van der Waals surface area contributed by atoms with Gasteiger partial charge in [-0.1, -0.05) is 24.3 Å². The van der Waals surface area contributed by atoms with Gasteiger partial charge in [0.05, 0.1) is 44.8 Å². The molecular formula is C32H22N6. The Morgan fingerprint density at radius 3 is 1.08 bits per heavy atom. The van der Waals surface area contributed by atoms with E-state index >= 15 is 0 Å². The number of rotatable bonds is 0. The molecule has 180 valence electrons. The second kappa shape index (κ2) is 9.26. The Balaban J connectivity index is 0.000000147. The number of para-hydroxylation sites is 4. The van der Waals surface area contributed by atoms with Gasteiger partial charge in [0.2, 0.25) is 0 Å². The fourth-order valence-corrected chi connectivity index (χ4v) is 4.51. The van der Waals surface area contributed by atoms with Crippen molar-refractivity contribution in [1.29, 1.82) is 0 Å². The molecule has 6 heterocycles. The molecule has 6 nitrogen and oxygen atoms in total. The van der Waals surface area contributed by atoms with Crippen LogP contribution in [0.5, 0.6) is 0 Å². The lowest BCUT2D eigenvalue weighted by Crippen LogP contribution is -1.85. The van der Waals surface area contributed by atoms with Gasteiger partial charge in [-0.2, -0.15) is 0 Å². The van der Waals surface area contributed by atoms with E-state index in [1.807, 2.05) is 91.0 Å². The molecule has 0 fully saturated rings. The van der Waals surface area contributed by atoms with E-state index in [4.69, 9.17) is 0 Å². The Morgan fingerprint density at radius 2 is 0.684 bits per heavy atom. The molecule has 0 unspecified atom stereocenters. The maximum atomic E-state index is 4.62. The molecule has 0 saturated heterocycles. The number of nitrogens with one attached hydrogen (secondary N) is 2. The minimum absolute atomic E-state index is 0.915. The van der Waals surface area contributed by atoms with E-state index in [2.05, 4.69) is 60.2 Å². The first kappa shape index (κ1) is 21.9. The first-order valence-corrected chi connectivity index (χ1v) is 12.4. The molecule has 0 radical (unpaired) electrons. The van der Waals surface area contributed by atoms with E-state index in [-0.39, 0.29) is 0 Å². The fraction of sp³-hybridized carbons (Fsp3) is 0. The molecule has 0 spiro atoms. The average molecular weight is 491 g/mol. The quantitative estimate of drug-likeness (QED) is 0.216. The lowest BCUT2D eigenvalue weighted by molar-refractivity contribution is 1.28. The van der Waals surface area contributed by atoms with Crippen LogP contribution in [0.1, 0.15) is 22.8 Å². The standard InChI is InChI=1S/C20H14N4.C12H8N2/c1-2-14-10-16-5-6-18(23-16)12-20-8-7-19(24-20)11-17-4-3-15(22-17)9-13(1)21-14;1-2-6-10-9(5-1)13-11-7-3-4-8-12(11)14-10/h1-12,21-22H;1-8H. The molecule has 2 N–H and O–H groups in total. The zero-order valence-electron chi connectivity index (χ0n) is 20.3. The molecule has 8 bridgehead atoms. The third-order valence-corrected chi connectivity index (χ3v) is 6.29. The van der Waals surface area contributed by atoms with Crippen LogP contribution in [0, 0.1) is 0 Å². The van der Waals surface area contributed by atoms with Crippen molar-refractivity contribution in [1.82, 2.24) is 29.9 Å². The molecule has 0 saturated carbocycles. The Kier molecular flexibility index (Phi) is 5.33. The fourth-order valence-electron chi connectivity index (χ4n) is 4.51. The molecule has 4 aromatic heterocycles. The Bertz CT molecular complexity index is 1850. The van der Waals surface area contributed by atoms with Gasteiger partial charge in [0, 0.05) is 22.1 Å². The van der Waals surface area contributed by atoms with Crippen molar-refractivity contribution in [2.24, 2.45) is 0 Å². The molecule has 0 amide bonds. The van der Waals surface area contributed by atoms with Crippen molar-refractivity contribution in [3.05, 3.63) is 120 Å². The number of aromatic nitrogens is 6. The molecule has 0 atom stereocenters. The van der Waals surface area contributed by atoms with Gasteiger partial charge >= 0.3 is 0 Å². The summed E-state index contributed by atoms with van der Waals surface area (Å²) in [5, 5.41) is 0. The van der Waals surface area contributed by atoms with E-state index in [0.29, 0.717) is 0 Å². The molecule has 8 rings (SSSR count). The number of benzene rings is 2. The molecule has 38 heavy (non-hydrogen) atoms. The molecular weight excluding hydrogens is 468 g/mol. The minimum atomic E-state index is 0.915. The van der Waals surface area contributed by atoms with E-state index in [0.717, 1.165) is 66.9 Å². The van der Waals surface area contributed by atoms with Crippen LogP contribution in [-0.4, -0.2) is 29.9 Å². The number of H-pyrrole nitrogens is 2. The SMILES string of the molecule is C1=Cc2cc3ccc(cc4ccc(cc5nc(cc1n2)C=C5)[nH]4)[nH]3.c1ccc2nc3ccccc3nc2c1. The summed E-state index contributed by atoms with van der Waals surface area (Å²) in [5.74, 6) is 0. The van der Waals surface area contributed by atoms with Crippen LogP contribution in [0.25, 0.3) is 68.4 Å². The summed E-state index contributed by atoms with van der Waals surface area (Å²) in [6.45, 7) is 0. The van der Waals surface area contributed by atoms with Crippen molar-refractivity contribution in [3.63, 3.8) is 0 Å². The average Bonchev–Trinajstić information content (AvgIpc) is 3.74. The molecule has 2 aliphatic rings. The molecule has 2 aromatic carbocycles. The van der Waals surface area contributed by atoms with E-state index in [9.17, 15) is 0 Å². The number of hydrogen-bond donors (Lipinski definition) is 2. The van der Waals surface area contributed by atoms with Crippen LogP contribution in [0.4, 0.5) is 0 Å². The van der Waals surface area contributed by atoms with Crippen LogP contribution in [-0.2, 0) is 0 Å². The molecule has 0 aliphatic carbocycles. The highest BCUT2D eigenvalue weighted by atomic mass is 14.8. The second-order valence-electron chi connectivity index (χ2n) is 9.11. The van der Waals surface area contributed by atoms with Crippen molar-refractivity contribution in [2.45, 2.75) is 0 Å². The summed E-state index contributed by atoms with van der Waals surface area (Å²) in [6, 6.07) is 32.2. The lowest BCUT2D eigenvalue weighted by Gasteiger charge is -1.98. The number of fused-ring (bicyclic) bond motifs is 10. The summed E-state index contributed by atoms with van der Waals surface area (Å²) in [4.78, 5) is 25.1. The van der Waals surface area contributed by atoms with E-state index in [1.165, 1.54) is 0 Å². The highest BCUT2D eigenvalue weighted by molar-refractivity contribution is 5.86. The van der Waals surface area contributed by atoms with Crippen LogP contribution < -0.4 is 0 Å². The summed E-state index contributed by atoms with van der Waals surface area (Å²) in [5.41, 5.74) is 11.7. The highest BCUT2D eigenvalue weighted by Gasteiger charge is 2.02. The number of aromatic amines is 2.